The first-order valence-corrected chi connectivity index (χ1v) is 11.4. The molecule has 4 bridgehead atoms. The quantitative estimate of drug-likeness (QED) is 0.800. The van der Waals surface area contributed by atoms with Crippen molar-refractivity contribution in [2.45, 2.75) is 63.5 Å². The maximum absolute atomic E-state index is 12.8. The molecule has 2 heterocycles. The lowest BCUT2D eigenvalue weighted by atomic mass is 9.35. The van der Waals surface area contributed by atoms with Gasteiger partial charge < -0.3 is 9.84 Å². The highest BCUT2D eigenvalue weighted by molar-refractivity contribution is 5.81. The second kappa shape index (κ2) is 4.91. The smallest absolute Gasteiger partial charge is 0.165 e. The number of benzene rings is 1. The Hall–Kier alpha value is -1.81. The minimum Gasteiger partial charge on any atom is -0.504 e. The van der Waals surface area contributed by atoms with Gasteiger partial charge in [-0.25, -0.2) is 0 Å². The van der Waals surface area contributed by atoms with E-state index in [-0.39, 0.29) is 39.8 Å². The third-order valence-electron chi connectivity index (χ3n) is 9.70. The van der Waals surface area contributed by atoms with Gasteiger partial charge in [0.15, 0.2) is 11.5 Å². The number of Topliss-reactive ketones (excluding diaryl/α,β-unsaturated/α-hetero) is 1. The number of piperidine rings is 1. The molecule has 3 fully saturated rings. The molecule has 1 aromatic rings. The molecule has 3 unspecified atom stereocenters. The molecule has 4 nitrogen and oxygen atoms in total. The molecule has 152 valence electrons. The molecule has 29 heavy (non-hydrogen) atoms. The van der Waals surface area contributed by atoms with E-state index in [0.717, 1.165) is 31.7 Å². The van der Waals surface area contributed by atoms with Gasteiger partial charge in [0.25, 0.3) is 0 Å². The van der Waals surface area contributed by atoms with Crippen LogP contribution in [0.25, 0.3) is 0 Å². The number of carbonyl (C=O) groups excluding carboxylic acids is 1. The fraction of sp³-hybridized carbons (Fsp3) is 0.640. The van der Waals surface area contributed by atoms with Crippen molar-refractivity contribution in [2.24, 2.45) is 22.7 Å². The number of carbonyl (C=O) groups is 1. The zero-order valence-corrected chi connectivity index (χ0v) is 17.3. The van der Waals surface area contributed by atoms with E-state index in [9.17, 15) is 9.90 Å². The zero-order valence-electron chi connectivity index (χ0n) is 17.3. The summed E-state index contributed by atoms with van der Waals surface area (Å²) in [5, 5.41) is 10.7. The molecule has 2 saturated carbocycles. The Morgan fingerprint density at radius 2 is 2.14 bits per heavy atom. The van der Waals surface area contributed by atoms with Gasteiger partial charge >= 0.3 is 0 Å². The van der Waals surface area contributed by atoms with Crippen molar-refractivity contribution in [2.75, 3.05) is 13.1 Å². The minimum atomic E-state index is -0.309. The average molecular weight is 392 g/mol. The number of rotatable bonds is 3. The highest BCUT2D eigenvalue weighted by atomic mass is 16.5. The predicted octanol–water partition coefficient (Wildman–Crippen LogP) is 3.60. The van der Waals surface area contributed by atoms with E-state index in [1.54, 1.807) is 6.92 Å². The van der Waals surface area contributed by atoms with Gasteiger partial charge in [-0.05, 0) is 63.1 Å². The summed E-state index contributed by atoms with van der Waals surface area (Å²) < 4.78 is 6.68. The van der Waals surface area contributed by atoms with Crippen LogP contribution in [-0.4, -0.2) is 41.0 Å². The second-order valence-electron chi connectivity index (χ2n) is 10.9. The van der Waals surface area contributed by atoms with Crippen LogP contribution in [0.4, 0.5) is 0 Å². The van der Waals surface area contributed by atoms with Crippen molar-refractivity contribution in [1.29, 1.82) is 0 Å². The maximum atomic E-state index is 12.8. The van der Waals surface area contributed by atoms with E-state index in [0.29, 0.717) is 11.8 Å². The number of nitrogens with zero attached hydrogens (tertiary/aromatic N) is 1. The molecule has 7 aliphatic rings. The van der Waals surface area contributed by atoms with Gasteiger partial charge in [0, 0.05) is 40.3 Å². The molecule has 8 rings (SSSR count). The number of ether oxygens (including phenoxy) is 1. The van der Waals surface area contributed by atoms with Crippen LogP contribution in [0.5, 0.6) is 11.5 Å². The lowest BCUT2D eigenvalue weighted by molar-refractivity contribution is -0.175. The molecule has 0 aromatic heterocycles. The molecular formula is C25H29NO3. The molecular weight excluding hydrogens is 362 g/mol. The lowest BCUT2D eigenvalue weighted by Crippen LogP contribution is -2.77. The molecule has 5 aliphatic carbocycles. The van der Waals surface area contributed by atoms with Crippen molar-refractivity contribution in [1.82, 2.24) is 4.90 Å². The Morgan fingerprint density at radius 1 is 1.31 bits per heavy atom. The molecule has 1 aromatic carbocycles. The van der Waals surface area contributed by atoms with E-state index in [1.165, 1.54) is 30.5 Å². The number of phenols is 1. The van der Waals surface area contributed by atoms with Gasteiger partial charge in [-0.1, -0.05) is 25.1 Å². The van der Waals surface area contributed by atoms with Gasteiger partial charge in [-0.2, -0.15) is 0 Å². The summed E-state index contributed by atoms with van der Waals surface area (Å²) in [6, 6.07) is 4.38. The molecule has 0 amide bonds. The third kappa shape index (κ3) is 1.69. The van der Waals surface area contributed by atoms with E-state index in [1.807, 2.05) is 6.07 Å². The molecule has 6 atom stereocenters. The first kappa shape index (κ1) is 16.9. The highest BCUT2D eigenvalue weighted by Crippen LogP contribution is 2.76. The van der Waals surface area contributed by atoms with Crippen molar-refractivity contribution in [3.05, 3.63) is 35.4 Å². The molecule has 0 radical (unpaired) electrons. The highest BCUT2D eigenvalue weighted by Gasteiger charge is 2.78. The monoisotopic (exact) mass is 391 g/mol. The van der Waals surface area contributed by atoms with Crippen LogP contribution >= 0.6 is 0 Å². The Bertz CT molecular complexity index is 996. The van der Waals surface area contributed by atoms with Gasteiger partial charge in [-0.15, -0.1) is 0 Å². The summed E-state index contributed by atoms with van der Waals surface area (Å²) >= 11 is 0. The predicted molar refractivity (Wildman–Crippen MR) is 109 cm³/mol. The number of likely N-dealkylation sites (tertiary alicyclic amines) is 1. The van der Waals surface area contributed by atoms with Crippen molar-refractivity contribution in [3.8, 4) is 11.5 Å². The van der Waals surface area contributed by atoms with Crippen LogP contribution in [0.2, 0.25) is 0 Å². The van der Waals surface area contributed by atoms with E-state index in [2.05, 4.69) is 30.0 Å². The number of ketones is 1. The van der Waals surface area contributed by atoms with Gasteiger partial charge in [-0.3, -0.25) is 9.69 Å². The average Bonchev–Trinajstić information content (AvgIpc) is 3.43. The van der Waals surface area contributed by atoms with Crippen LogP contribution in [0, 0.1) is 22.7 Å². The van der Waals surface area contributed by atoms with E-state index in [4.69, 9.17) is 4.74 Å². The lowest BCUT2D eigenvalue weighted by Gasteiger charge is -2.71. The molecule has 1 N–H and O–H groups in total. The van der Waals surface area contributed by atoms with Gasteiger partial charge in [0.05, 0.1) is 0 Å². The zero-order chi connectivity index (χ0) is 19.8. The normalized spacial score (nSPS) is 45.8. The van der Waals surface area contributed by atoms with Crippen LogP contribution < -0.4 is 4.74 Å². The van der Waals surface area contributed by atoms with Crippen LogP contribution in [-0.2, 0) is 16.6 Å². The van der Waals surface area contributed by atoms with Crippen molar-refractivity contribution < 1.29 is 14.6 Å². The molecule has 1 saturated heterocycles. The third-order valence-corrected chi connectivity index (χ3v) is 9.70. The molecule has 2 spiro atoms. The molecule has 4 heteroatoms. The second-order valence-corrected chi connectivity index (χ2v) is 10.9. The number of fused-ring (bicyclic) bond motifs is 1. The standard InChI is InChI=1S/C25H29NO3/c1-14(27)17-12-24-8-7-23(17,2)22-25(24)9-10-26(13-15-3-4-15)19(24)11-16-5-6-18(28)21(29-22)20(16)25/h5-8,15,17,19,22,28H,3-4,9-13H2,1-2H3/t17-,19?,22-,23?,24?,25-/m0/s1. The van der Waals surface area contributed by atoms with Gasteiger partial charge in [0.2, 0.25) is 0 Å². The fourth-order valence-electron chi connectivity index (χ4n) is 8.33. The van der Waals surface area contributed by atoms with Crippen molar-refractivity contribution >= 4 is 5.78 Å². The summed E-state index contributed by atoms with van der Waals surface area (Å²) in [6.45, 7) is 6.29. The molecule has 2 aliphatic heterocycles. The van der Waals surface area contributed by atoms with Gasteiger partial charge in [0.1, 0.15) is 11.9 Å². The summed E-state index contributed by atoms with van der Waals surface area (Å²) in [5.74, 6) is 2.12. The number of phenolic OH excluding ortho intramolecular Hbond substituents is 1. The summed E-state index contributed by atoms with van der Waals surface area (Å²) in [5.41, 5.74) is 2.17. The Labute approximate surface area is 171 Å². The van der Waals surface area contributed by atoms with E-state index < -0.39 is 0 Å². The summed E-state index contributed by atoms with van der Waals surface area (Å²) in [4.78, 5) is 15.6. The number of aromatic hydroxyl groups is 1. The maximum Gasteiger partial charge on any atom is 0.165 e. The van der Waals surface area contributed by atoms with Crippen LogP contribution in [0.1, 0.15) is 50.7 Å². The largest absolute Gasteiger partial charge is 0.504 e. The van der Waals surface area contributed by atoms with Crippen molar-refractivity contribution in [3.63, 3.8) is 0 Å². The first-order chi connectivity index (χ1) is 13.9. The number of hydrogen-bond acceptors (Lipinski definition) is 4. The Morgan fingerprint density at radius 3 is 2.90 bits per heavy atom. The topological polar surface area (TPSA) is 49.8 Å². The summed E-state index contributed by atoms with van der Waals surface area (Å²) in [6.07, 6.45) is 10.5. The van der Waals surface area contributed by atoms with E-state index >= 15 is 0 Å². The fourth-order valence-corrected chi connectivity index (χ4v) is 8.33. The summed E-state index contributed by atoms with van der Waals surface area (Å²) in [7, 11) is 0. The Kier molecular flexibility index (Phi) is 2.87. The first-order valence-electron chi connectivity index (χ1n) is 11.4. The number of hydrogen-bond donors (Lipinski definition) is 1. The SMILES string of the molecule is CC(=O)[C@@H]1CC23C=CC1(C)[C@@H]1Oc4c(O)ccc5c4[C@@]12CCN(CC1CC1)C3C5. The Balaban J connectivity index is 1.51. The van der Waals surface area contributed by atoms with Crippen LogP contribution in [0.3, 0.4) is 0 Å². The van der Waals surface area contributed by atoms with Crippen LogP contribution in [0.15, 0.2) is 24.3 Å². The minimum absolute atomic E-state index is 0.00740.